The molecule has 1 unspecified atom stereocenters. The van der Waals surface area contributed by atoms with E-state index in [1.807, 2.05) is 18.8 Å². The maximum absolute atomic E-state index is 4.10. The van der Waals surface area contributed by atoms with Gasteiger partial charge in [-0.1, -0.05) is 13.3 Å². The Bertz CT molecular complexity index is 127. The Kier molecular flexibility index (Phi) is 35.4. The Morgan fingerprint density at radius 2 is 1.44 bits per heavy atom. The molecule has 0 heterocycles. The van der Waals surface area contributed by atoms with E-state index in [2.05, 4.69) is 22.9 Å². The summed E-state index contributed by atoms with van der Waals surface area (Å²) in [7, 11) is 8.90. The van der Waals surface area contributed by atoms with Crippen molar-refractivity contribution < 1.29 is 26.2 Å². The van der Waals surface area contributed by atoms with Crippen LogP contribution in [0.2, 0.25) is 0 Å². The third-order valence-corrected chi connectivity index (χ3v) is 3.74. The molecule has 108 valence electrons. The van der Waals surface area contributed by atoms with Crippen molar-refractivity contribution in [2.75, 3.05) is 41.1 Å². The van der Waals surface area contributed by atoms with Gasteiger partial charge < -0.3 is 23.4 Å². The van der Waals surface area contributed by atoms with Gasteiger partial charge in [0, 0.05) is 5.25 Å². The molecule has 5 heteroatoms. The average molecular weight is 353 g/mol. The molecular formula is C13H31N3SZr. The normalized spacial score (nSPS) is 20.3. The molecule has 0 spiro atoms. The van der Waals surface area contributed by atoms with E-state index in [1.165, 1.54) is 19.3 Å². The molecule has 0 aromatic heterocycles. The summed E-state index contributed by atoms with van der Waals surface area (Å²) in [6, 6.07) is 0. The van der Waals surface area contributed by atoms with E-state index in [1.54, 1.807) is 28.2 Å². The number of hydrogen-bond acceptors (Lipinski definition) is 1. The topological polar surface area (TPSA) is 42.3 Å². The quantitative estimate of drug-likeness (QED) is 0.687. The van der Waals surface area contributed by atoms with Crippen molar-refractivity contribution in [3.63, 3.8) is 0 Å². The van der Waals surface area contributed by atoms with Crippen LogP contribution >= 0.6 is 11.8 Å². The van der Waals surface area contributed by atoms with Gasteiger partial charge in [-0.25, -0.2) is 0 Å². The number of rotatable bonds is 3. The zero-order valence-corrected chi connectivity index (χ0v) is 16.5. The van der Waals surface area contributed by atoms with Crippen LogP contribution in [-0.2, 0) is 26.2 Å². The first kappa shape index (κ1) is 27.5. The Hall–Kier alpha value is 1.11. The average Bonchev–Trinajstić information content (AvgIpc) is 2.63. The molecule has 1 saturated carbocycles. The second kappa shape index (κ2) is 23.2. The minimum atomic E-state index is 0. The molecule has 0 bridgehead atoms. The Morgan fingerprint density at radius 1 is 1.00 bits per heavy atom. The Balaban J connectivity index is -0.000000106. The van der Waals surface area contributed by atoms with E-state index in [9.17, 15) is 0 Å². The van der Waals surface area contributed by atoms with Crippen molar-refractivity contribution in [2.45, 2.75) is 31.4 Å². The third-order valence-electron chi connectivity index (χ3n) is 2.20. The van der Waals surface area contributed by atoms with Crippen molar-refractivity contribution in [1.29, 1.82) is 0 Å². The van der Waals surface area contributed by atoms with Crippen molar-refractivity contribution in [3.05, 3.63) is 23.4 Å². The molecule has 2 atom stereocenters. The predicted octanol–water partition coefficient (Wildman–Crippen LogP) is 4.56. The molecule has 0 radical (unpaired) electrons. The van der Waals surface area contributed by atoms with Crippen LogP contribution in [0.5, 0.6) is 0 Å². The second-order valence-electron chi connectivity index (χ2n) is 3.95. The van der Waals surface area contributed by atoms with Gasteiger partial charge in [-0.2, -0.15) is 47.0 Å². The summed E-state index contributed by atoms with van der Waals surface area (Å²) in [6.07, 6.45) is 4.28. The van der Waals surface area contributed by atoms with Crippen molar-refractivity contribution >= 4 is 11.8 Å². The Labute approximate surface area is 139 Å². The van der Waals surface area contributed by atoms with Crippen LogP contribution in [0.1, 0.15) is 26.2 Å². The predicted molar refractivity (Wildman–Crippen MR) is 85.4 cm³/mol. The minimum Gasteiger partial charge on any atom is -0.668 e. The minimum absolute atomic E-state index is 0. The molecule has 1 aliphatic rings. The molecule has 0 aliphatic heterocycles. The fourth-order valence-corrected chi connectivity index (χ4v) is 2.67. The van der Waals surface area contributed by atoms with E-state index in [4.69, 9.17) is 0 Å². The summed E-state index contributed by atoms with van der Waals surface area (Å²) in [6.45, 7) is 2.36. The van der Waals surface area contributed by atoms with Crippen LogP contribution in [0.4, 0.5) is 0 Å². The maximum atomic E-state index is 4.10. The zero-order chi connectivity index (χ0) is 12.8. The van der Waals surface area contributed by atoms with Crippen LogP contribution in [-0.4, -0.2) is 46.4 Å². The molecule has 1 aliphatic carbocycles. The summed E-state index contributed by atoms with van der Waals surface area (Å²) >= 11 is 2.03. The molecule has 18 heavy (non-hydrogen) atoms. The number of thioether (sulfide) groups is 1. The molecule has 0 aromatic rings. The fourth-order valence-electron chi connectivity index (χ4n) is 1.53. The van der Waals surface area contributed by atoms with Gasteiger partial charge in [-0.15, -0.1) is 5.88 Å². The summed E-state index contributed by atoms with van der Waals surface area (Å²) in [5.74, 6) is 1.93. The first-order valence-corrected chi connectivity index (χ1v) is 6.85. The van der Waals surface area contributed by atoms with Gasteiger partial charge in [-0.05, 0) is 18.8 Å². The number of hydrogen-bond donors (Lipinski definition) is 0. The maximum Gasteiger partial charge on any atom is 4.00 e. The van der Waals surface area contributed by atoms with Gasteiger partial charge in [0.25, 0.3) is 0 Å². The summed E-state index contributed by atoms with van der Waals surface area (Å²) in [4.78, 5) is 0. The molecule has 0 aromatic carbocycles. The van der Waals surface area contributed by atoms with Crippen LogP contribution in [0, 0.1) is 13.3 Å². The van der Waals surface area contributed by atoms with E-state index in [0.717, 1.165) is 17.0 Å². The summed E-state index contributed by atoms with van der Waals surface area (Å²) in [5.41, 5.74) is 0. The molecule has 0 amide bonds. The van der Waals surface area contributed by atoms with Crippen LogP contribution in [0.25, 0.3) is 16.0 Å². The summed E-state index contributed by atoms with van der Waals surface area (Å²) < 4.78 is 0. The second-order valence-corrected chi connectivity index (χ2v) is 5.15. The van der Waals surface area contributed by atoms with E-state index < -0.39 is 0 Å². The number of nitrogens with zero attached hydrogens (tertiary/aromatic N) is 3. The molecule has 0 N–H and O–H groups in total. The van der Waals surface area contributed by atoms with Crippen LogP contribution < -0.4 is 0 Å². The smallest absolute Gasteiger partial charge is 0.668 e. The van der Waals surface area contributed by atoms with Crippen LogP contribution in [0.15, 0.2) is 0 Å². The van der Waals surface area contributed by atoms with E-state index >= 15 is 0 Å². The molecular weight excluding hydrogens is 321 g/mol. The third kappa shape index (κ3) is 19.5. The van der Waals surface area contributed by atoms with Crippen molar-refractivity contribution in [2.24, 2.45) is 5.92 Å². The zero-order valence-electron chi connectivity index (χ0n) is 13.2. The first-order valence-electron chi connectivity index (χ1n) is 5.80. The molecule has 0 saturated heterocycles. The standard InChI is InChI=1S/C8H16NS.2C2H6N.CH3.Zr/c1-7-4-3-5-8(7)10-6-9-2;2*1-3-2;;/h7-8H,3-6H2,1-2H3;2*1-2H3;1H3;/q4*-1;+4/t7-,8?;;;;/m0..../s1. The van der Waals surface area contributed by atoms with E-state index in [0.29, 0.717) is 0 Å². The Morgan fingerprint density at radius 3 is 1.72 bits per heavy atom. The SMILES string of the molecule is C[N-]C.C[N-]C.C[N-]CSC1CCC[C@@H]1C.[CH3-].[Zr+4]. The fraction of sp³-hybridized carbons (Fsp3) is 0.923. The van der Waals surface area contributed by atoms with E-state index in [-0.39, 0.29) is 33.6 Å². The van der Waals surface area contributed by atoms with Gasteiger partial charge in [0.2, 0.25) is 0 Å². The van der Waals surface area contributed by atoms with Gasteiger partial charge in [-0.3, -0.25) is 0 Å². The first-order chi connectivity index (χ1) is 7.67. The molecule has 3 nitrogen and oxygen atoms in total. The van der Waals surface area contributed by atoms with Gasteiger partial charge >= 0.3 is 26.2 Å². The molecule has 1 rings (SSSR count). The van der Waals surface area contributed by atoms with Gasteiger partial charge in [0.05, 0.1) is 0 Å². The van der Waals surface area contributed by atoms with Crippen LogP contribution in [0.3, 0.4) is 0 Å². The summed E-state index contributed by atoms with van der Waals surface area (Å²) in [5, 5.41) is 12.0. The molecule has 1 fully saturated rings. The van der Waals surface area contributed by atoms with Gasteiger partial charge in [0.15, 0.2) is 0 Å². The van der Waals surface area contributed by atoms with Crippen molar-refractivity contribution in [3.8, 4) is 0 Å². The van der Waals surface area contributed by atoms with Crippen molar-refractivity contribution in [1.82, 2.24) is 0 Å². The largest absolute Gasteiger partial charge is 4.00 e. The van der Waals surface area contributed by atoms with Gasteiger partial charge in [0.1, 0.15) is 0 Å². The monoisotopic (exact) mass is 351 g/mol.